The van der Waals surface area contributed by atoms with E-state index in [4.69, 9.17) is 4.74 Å². The molecular weight excluding hydrogens is 304 g/mol. The quantitative estimate of drug-likeness (QED) is 0.729. The average molecular weight is 328 g/mol. The van der Waals surface area contributed by atoms with E-state index in [-0.39, 0.29) is 5.91 Å². The minimum Gasteiger partial charge on any atom is -0.497 e. The molecule has 0 radical (unpaired) electrons. The number of nitrogens with one attached hydrogen (secondary N) is 2. The summed E-state index contributed by atoms with van der Waals surface area (Å²) in [5, 5.41) is 6.14. The van der Waals surface area contributed by atoms with Crippen LogP contribution in [0.3, 0.4) is 0 Å². The number of hydrogen-bond acceptors (Lipinski definition) is 5. The first-order valence-electron chi connectivity index (χ1n) is 7.87. The van der Waals surface area contributed by atoms with E-state index >= 15 is 0 Å². The fourth-order valence-electron chi connectivity index (χ4n) is 2.17. The van der Waals surface area contributed by atoms with Gasteiger partial charge in [-0.3, -0.25) is 9.78 Å². The molecule has 1 heterocycles. The summed E-state index contributed by atoms with van der Waals surface area (Å²) in [6, 6.07) is 9.35. The van der Waals surface area contributed by atoms with Gasteiger partial charge in [0.2, 0.25) is 0 Å². The number of benzene rings is 1. The second kappa shape index (κ2) is 8.88. The molecule has 0 bridgehead atoms. The van der Waals surface area contributed by atoms with E-state index in [2.05, 4.69) is 20.5 Å². The molecule has 1 aromatic heterocycles. The third-order valence-corrected chi connectivity index (χ3v) is 3.45. The van der Waals surface area contributed by atoms with E-state index in [0.717, 1.165) is 30.1 Å². The first kappa shape index (κ1) is 17.7. The molecule has 0 atom stereocenters. The lowest BCUT2D eigenvalue weighted by Gasteiger charge is -2.11. The Morgan fingerprint density at radius 3 is 2.58 bits per heavy atom. The van der Waals surface area contributed by atoms with Gasteiger partial charge in [-0.25, -0.2) is 0 Å². The van der Waals surface area contributed by atoms with Gasteiger partial charge in [-0.15, -0.1) is 0 Å². The molecule has 0 saturated carbocycles. The number of hydrogen-bond donors (Lipinski definition) is 2. The van der Waals surface area contributed by atoms with Crippen LogP contribution in [-0.2, 0) is 0 Å². The van der Waals surface area contributed by atoms with E-state index in [0.29, 0.717) is 12.1 Å². The maximum Gasteiger partial charge on any atom is 0.252 e. The largest absolute Gasteiger partial charge is 0.497 e. The van der Waals surface area contributed by atoms with Crippen LogP contribution in [0.1, 0.15) is 16.8 Å². The SMILES string of the molecule is COc1ccc(Nc2cncc(C(=O)NCCCN(C)C)c2)cc1. The highest BCUT2D eigenvalue weighted by atomic mass is 16.5. The highest BCUT2D eigenvalue weighted by molar-refractivity contribution is 5.94. The molecule has 0 spiro atoms. The third kappa shape index (κ3) is 5.55. The number of anilines is 2. The summed E-state index contributed by atoms with van der Waals surface area (Å²) in [5.41, 5.74) is 2.21. The normalized spacial score (nSPS) is 10.5. The molecule has 2 N–H and O–H groups in total. The predicted molar refractivity (Wildman–Crippen MR) is 96.0 cm³/mol. The Bertz CT molecular complexity index is 656. The standard InChI is InChI=1S/C18H24N4O2/c1-22(2)10-4-9-20-18(23)14-11-16(13-19-12-14)21-15-5-7-17(24-3)8-6-15/h5-8,11-13,21H,4,9-10H2,1-3H3,(H,20,23). The zero-order chi connectivity index (χ0) is 17.4. The van der Waals surface area contributed by atoms with Crippen LogP contribution in [0.25, 0.3) is 0 Å². The molecule has 2 aromatic rings. The van der Waals surface area contributed by atoms with E-state index < -0.39 is 0 Å². The van der Waals surface area contributed by atoms with Crippen LogP contribution in [0.5, 0.6) is 5.75 Å². The monoisotopic (exact) mass is 328 g/mol. The summed E-state index contributed by atoms with van der Waals surface area (Å²) < 4.78 is 5.14. The van der Waals surface area contributed by atoms with Crippen molar-refractivity contribution in [2.75, 3.05) is 39.6 Å². The maximum absolute atomic E-state index is 12.2. The van der Waals surface area contributed by atoms with Gasteiger partial charge in [-0.05, 0) is 57.4 Å². The van der Waals surface area contributed by atoms with Gasteiger partial charge in [0.15, 0.2) is 0 Å². The number of rotatable bonds is 8. The van der Waals surface area contributed by atoms with Gasteiger partial charge in [0.1, 0.15) is 5.75 Å². The number of carbonyl (C=O) groups is 1. The summed E-state index contributed by atoms with van der Waals surface area (Å²) in [6.45, 7) is 1.59. The van der Waals surface area contributed by atoms with Crippen molar-refractivity contribution < 1.29 is 9.53 Å². The summed E-state index contributed by atoms with van der Waals surface area (Å²) in [6.07, 6.45) is 4.17. The lowest BCUT2D eigenvalue weighted by molar-refractivity contribution is 0.0952. The second-order valence-corrected chi connectivity index (χ2v) is 5.73. The smallest absolute Gasteiger partial charge is 0.252 e. The van der Waals surface area contributed by atoms with Crippen molar-refractivity contribution in [2.45, 2.75) is 6.42 Å². The van der Waals surface area contributed by atoms with E-state index in [9.17, 15) is 4.79 Å². The minimum atomic E-state index is -0.111. The lowest BCUT2D eigenvalue weighted by atomic mass is 10.2. The van der Waals surface area contributed by atoms with Gasteiger partial charge in [0, 0.05) is 18.4 Å². The molecule has 0 aliphatic rings. The number of carbonyl (C=O) groups excluding carboxylic acids is 1. The number of pyridine rings is 1. The van der Waals surface area contributed by atoms with Crippen LogP contribution < -0.4 is 15.4 Å². The molecule has 0 fully saturated rings. The predicted octanol–water partition coefficient (Wildman–Crippen LogP) is 2.52. The van der Waals surface area contributed by atoms with Gasteiger partial charge in [-0.2, -0.15) is 0 Å². The molecule has 0 saturated heterocycles. The lowest BCUT2D eigenvalue weighted by Crippen LogP contribution is -2.27. The first-order valence-corrected chi connectivity index (χ1v) is 7.87. The average Bonchev–Trinajstić information content (AvgIpc) is 2.59. The summed E-state index contributed by atoms with van der Waals surface area (Å²) in [7, 11) is 5.66. The molecule has 1 aromatic carbocycles. The number of methoxy groups -OCH3 is 1. The minimum absolute atomic E-state index is 0.111. The molecular formula is C18H24N4O2. The number of nitrogens with zero attached hydrogens (tertiary/aromatic N) is 2. The van der Waals surface area contributed by atoms with E-state index in [1.807, 2.05) is 38.4 Å². The molecule has 128 valence electrons. The fourth-order valence-corrected chi connectivity index (χ4v) is 2.17. The van der Waals surface area contributed by atoms with Crippen molar-refractivity contribution in [1.29, 1.82) is 0 Å². The van der Waals surface area contributed by atoms with Crippen molar-refractivity contribution in [2.24, 2.45) is 0 Å². The maximum atomic E-state index is 12.2. The van der Waals surface area contributed by atoms with Crippen molar-refractivity contribution in [3.05, 3.63) is 48.3 Å². The molecule has 6 heteroatoms. The van der Waals surface area contributed by atoms with Gasteiger partial charge in [-0.1, -0.05) is 0 Å². The van der Waals surface area contributed by atoms with E-state index in [1.54, 1.807) is 25.6 Å². The highest BCUT2D eigenvalue weighted by Crippen LogP contribution is 2.19. The molecule has 0 aliphatic carbocycles. The van der Waals surface area contributed by atoms with Crippen LogP contribution in [-0.4, -0.2) is 50.1 Å². The fraction of sp³-hybridized carbons (Fsp3) is 0.333. The van der Waals surface area contributed by atoms with Gasteiger partial charge in [0.25, 0.3) is 5.91 Å². The molecule has 0 aliphatic heterocycles. The third-order valence-electron chi connectivity index (χ3n) is 3.45. The van der Waals surface area contributed by atoms with E-state index in [1.165, 1.54) is 0 Å². The van der Waals surface area contributed by atoms with Crippen molar-refractivity contribution in [1.82, 2.24) is 15.2 Å². The molecule has 1 amide bonds. The number of aromatic nitrogens is 1. The Kier molecular flexibility index (Phi) is 6.57. The van der Waals surface area contributed by atoms with Crippen LogP contribution >= 0.6 is 0 Å². The summed E-state index contributed by atoms with van der Waals surface area (Å²) >= 11 is 0. The summed E-state index contributed by atoms with van der Waals surface area (Å²) in [5.74, 6) is 0.684. The Balaban J connectivity index is 1.93. The Morgan fingerprint density at radius 2 is 1.92 bits per heavy atom. The van der Waals surface area contributed by atoms with Crippen molar-refractivity contribution in [3.8, 4) is 5.75 Å². The van der Waals surface area contributed by atoms with Gasteiger partial charge >= 0.3 is 0 Å². The van der Waals surface area contributed by atoms with Crippen LogP contribution in [0, 0.1) is 0 Å². The van der Waals surface area contributed by atoms with Gasteiger partial charge < -0.3 is 20.3 Å². The first-order chi connectivity index (χ1) is 11.6. The van der Waals surface area contributed by atoms with Crippen LogP contribution in [0.15, 0.2) is 42.7 Å². The van der Waals surface area contributed by atoms with Crippen LogP contribution in [0.4, 0.5) is 11.4 Å². The molecule has 24 heavy (non-hydrogen) atoms. The molecule has 0 unspecified atom stereocenters. The Morgan fingerprint density at radius 1 is 1.17 bits per heavy atom. The zero-order valence-electron chi connectivity index (χ0n) is 14.4. The molecule has 2 rings (SSSR count). The second-order valence-electron chi connectivity index (χ2n) is 5.73. The van der Waals surface area contributed by atoms with Crippen LogP contribution in [0.2, 0.25) is 0 Å². The zero-order valence-corrected chi connectivity index (χ0v) is 14.4. The van der Waals surface area contributed by atoms with Crippen molar-refractivity contribution in [3.63, 3.8) is 0 Å². The topological polar surface area (TPSA) is 66.5 Å². The summed E-state index contributed by atoms with van der Waals surface area (Å²) in [4.78, 5) is 18.4. The van der Waals surface area contributed by atoms with Gasteiger partial charge in [0.05, 0.1) is 24.6 Å². The number of amides is 1. The Hall–Kier alpha value is -2.60. The van der Waals surface area contributed by atoms with Crippen molar-refractivity contribution >= 4 is 17.3 Å². The Labute approximate surface area is 142 Å². The number of ether oxygens (including phenoxy) is 1. The molecule has 6 nitrogen and oxygen atoms in total. The highest BCUT2D eigenvalue weighted by Gasteiger charge is 2.07.